The molecule has 1 atom stereocenters. The summed E-state index contributed by atoms with van der Waals surface area (Å²) in [4.78, 5) is 20.7. The standard InChI is InChI=1S/C22H17N3O2/c26-22(20-13-14-7-1-6-12-19(14)27-20)25-16-9-3-2-8-15(16)21-23-17-10-4-5-11-18(17)24-21/h1-12,20H,13H2,(H,23,24)(H,25,26). The number of fused-ring (bicyclic) bond motifs is 2. The maximum absolute atomic E-state index is 12.8. The Labute approximate surface area is 156 Å². The number of para-hydroxylation sites is 4. The van der Waals surface area contributed by atoms with Gasteiger partial charge >= 0.3 is 0 Å². The molecule has 27 heavy (non-hydrogen) atoms. The summed E-state index contributed by atoms with van der Waals surface area (Å²) in [5, 5.41) is 3.01. The van der Waals surface area contributed by atoms with E-state index in [1.807, 2.05) is 72.8 Å². The fraction of sp³-hybridized carbons (Fsp3) is 0.0909. The number of hydrogen-bond donors (Lipinski definition) is 2. The van der Waals surface area contributed by atoms with Gasteiger partial charge in [0.15, 0.2) is 6.10 Å². The van der Waals surface area contributed by atoms with Gasteiger partial charge in [0.25, 0.3) is 5.91 Å². The van der Waals surface area contributed by atoms with Crippen LogP contribution in [0, 0.1) is 0 Å². The summed E-state index contributed by atoms with van der Waals surface area (Å²) in [7, 11) is 0. The SMILES string of the molecule is O=C(Nc1ccccc1-c1nc2ccccc2[nH]1)C1Cc2ccccc2O1. The highest BCUT2D eigenvalue weighted by molar-refractivity contribution is 5.98. The topological polar surface area (TPSA) is 67.0 Å². The number of rotatable bonds is 3. The zero-order chi connectivity index (χ0) is 18.2. The molecule has 0 saturated carbocycles. The third-order valence-corrected chi connectivity index (χ3v) is 4.77. The average molecular weight is 355 g/mol. The molecule has 1 amide bonds. The number of H-pyrrole nitrogens is 1. The van der Waals surface area contributed by atoms with Crippen LogP contribution in [0.25, 0.3) is 22.4 Å². The Balaban J connectivity index is 1.42. The number of nitrogens with one attached hydrogen (secondary N) is 2. The Morgan fingerprint density at radius 1 is 1.00 bits per heavy atom. The van der Waals surface area contributed by atoms with E-state index in [1.165, 1.54) is 0 Å². The van der Waals surface area contributed by atoms with Crippen LogP contribution in [0.4, 0.5) is 5.69 Å². The molecule has 0 saturated heterocycles. The zero-order valence-electron chi connectivity index (χ0n) is 14.5. The molecular formula is C22H17N3O2. The van der Waals surface area contributed by atoms with Gasteiger partial charge in [0.2, 0.25) is 0 Å². The predicted molar refractivity (Wildman–Crippen MR) is 105 cm³/mol. The minimum absolute atomic E-state index is 0.158. The molecule has 0 aliphatic carbocycles. The molecule has 0 spiro atoms. The van der Waals surface area contributed by atoms with Crippen LogP contribution in [0.5, 0.6) is 5.75 Å². The summed E-state index contributed by atoms with van der Waals surface area (Å²) >= 11 is 0. The lowest BCUT2D eigenvalue weighted by Crippen LogP contribution is -2.31. The molecule has 0 bridgehead atoms. The smallest absolute Gasteiger partial charge is 0.265 e. The predicted octanol–water partition coefficient (Wildman–Crippen LogP) is 4.17. The summed E-state index contributed by atoms with van der Waals surface area (Å²) < 4.78 is 5.80. The van der Waals surface area contributed by atoms with Gasteiger partial charge in [-0.15, -0.1) is 0 Å². The number of amides is 1. The molecule has 0 radical (unpaired) electrons. The molecule has 3 aromatic carbocycles. The number of anilines is 1. The third-order valence-electron chi connectivity index (χ3n) is 4.77. The van der Waals surface area contributed by atoms with E-state index in [9.17, 15) is 4.79 Å². The first-order valence-corrected chi connectivity index (χ1v) is 8.87. The number of ether oxygens (including phenoxy) is 1. The highest BCUT2D eigenvalue weighted by Crippen LogP contribution is 2.31. The Kier molecular flexibility index (Phi) is 3.64. The van der Waals surface area contributed by atoms with Crippen LogP contribution in [0.2, 0.25) is 0 Å². The summed E-state index contributed by atoms with van der Waals surface area (Å²) in [5.74, 6) is 1.35. The number of hydrogen-bond acceptors (Lipinski definition) is 3. The van der Waals surface area contributed by atoms with Crippen molar-refractivity contribution in [2.75, 3.05) is 5.32 Å². The first kappa shape index (κ1) is 15.6. The number of carbonyl (C=O) groups is 1. The minimum atomic E-state index is -0.522. The van der Waals surface area contributed by atoms with E-state index in [0.717, 1.165) is 33.7 Å². The van der Waals surface area contributed by atoms with Gasteiger partial charge in [0.05, 0.1) is 16.7 Å². The van der Waals surface area contributed by atoms with Crippen molar-refractivity contribution in [1.29, 1.82) is 0 Å². The van der Waals surface area contributed by atoms with E-state index in [1.54, 1.807) is 0 Å². The number of imidazole rings is 1. The molecule has 4 aromatic rings. The van der Waals surface area contributed by atoms with Crippen molar-refractivity contribution >= 4 is 22.6 Å². The van der Waals surface area contributed by atoms with Crippen molar-refractivity contribution in [3.8, 4) is 17.1 Å². The molecule has 132 valence electrons. The average Bonchev–Trinajstić information content (AvgIpc) is 3.32. The van der Waals surface area contributed by atoms with E-state index in [-0.39, 0.29) is 5.91 Å². The Morgan fingerprint density at radius 2 is 1.78 bits per heavy atom. The van der Waals surface area contributed by atoms with Gasteiger partial charge < -0.3 is 15.0 Å². The van der Waals surface area contributed by atoms with Gasteiger partial charge in [-0.1, -0.05) is 42.5 Å². The lowest BCUT2D eigenvalue weighted by molar-refractivity contribution is -0.122. The number of aromatic amines is 1. The van der Waals surface area contributed by atoms with E-state index < -0.39 is 6.10 Å². The summed E-state index contributed by atoms with van der Waals surface area (Å²) in [5.41, 5.74) is 4.47. The molecular weight excluding hydrogens is 338 g/mol. The quantitative estimate of drug-likeness (QED) is 0.579. The lowest BCUT2D eigenvalue weighted by atomic mass is 10.1. The van der Waals surface area contributed by atoms with Crippen LogP contribution in [-0.4, -0.2) is 22.0 Å². The van der Waals surface area contributed by atoms with Gasteiger partial charge in [-0.25, -0.2) is 4.98 Å². The van der Waals surface area contributed by atoms with E-state index in [0.29, 0.717) is 12.1 Å². The first-order valence-electron chi connectivity index (χ1n) is 8.87. The number of aromatic nitrogens is 2. The molecule has 2 N–H and O–H groups in total. The molecule has 5 rings (SSSR count). The monoisotopic (exact) mass is 355 g/mol. The maximum atomic E-state index is 12.8. The summed E-state index contributed by atoms with van der Waals surface area (Å²) in [6.07, 6.45) is 0.0561. The van der Waals surface area contributed by atoms with Crippen LogP contribution in [0.1, 0.15) is 5.56 Å². The van der Waals surface area contributed by atoms with Gasteiger partial charge in [-0.2, -0.15) is 0 Å². The van der Waals surface area contributed by atoms with Crippen molar-refractivity contribution in [2.45, 2.75) is 12.5 Å². The van der Waals surface area contributed by atoms with Gasteiger partial charge in [-0.3, -0.25) is 4.79 Å². The highest BCUT2D eigenvalue weighted by Gasteiger charge is 2.29. The fourth-order valence-corrected chi connectivity index (χ4v) is 3.42. The van der Waals surface area contributed by atoms with Crippen LogP contribution in [0.3, 0.4) is 0 Å². The van der Waals surface area contributed by atoms with Crippen molar-refractivity contribution in [2.24, 2.45) is 0 Å². The normalized spacial score (nSPS) is 15.3. The first-order chi connectivity index (χ1) is 13.3. The van der Waals surface area contributed by atoms with E-state index >= 15 is 0 Å². The molecule has 2 heterocycles. The van der Waals surface area contributed by atoms with E-state index in [4.69, 9.17) is 4.74 Å². The van der Waals surface area contributed by atoms with Crippen molar-refractivity contribution in [3.05, 3.63) is 78.4 Å². The molecule has 5 heteroatoms. The Morgan fingerprint density at radius 3 is 2.67 bits per heavy atom. The number of nitrogens with zero attached hydrogens (tertiary/aromatic N) is 1. The maximum Gasteiger partial charge on any atom is 0.265 e. The van der Waals surface area contributed by atoms with Gasteiger partial charge in [-0.05, 0) is 35.9 Å². The molecule has 1 unspecified atom stereocenters. The summed E-state index contributed by atoms with van der Waals surface area (Å²) in [6.45, 7) is 0. The third kappa shape index (κ3) is 2.83. The second-order valence-corrected chi connectivity index (χ2v) is 6.56. The Bertz CT molecular complexity index is 1090. The largest absolute Gasteiger partial charge is 0.480 e. The molecule has 1 aliphatic heterocycles. The minimum Gasteiger partial charge on any atom is -0.480 e. The number of carbonyl (C=O) groups excluding carboxylic acids is 1. The fourth-order valence-electron chi connectivity index (χ4n) is 3.42. The molecule has 0 fully saturated rings. The van der Waals surface area contributed by atoms with Crippen LogP contribution in [0.15, 0.2) is 72.8 Å². The van der Waals surface area contributed by atoms with Crippen molar-refractivity contribution < 1.29 is 9.53 Å². The molecule has 1 aromatic heterocycles. The van der Waals surface area contributed by atoms with Crippen LogP contribution in [-0.2, 0) is 11.2 Å². The molecule has 5 nitrogen and oxygen atoms in total. The van der Waals surface area contributed by atoms with Gasteiger partial charge in [0.1, 0.15) is 11.6 Å². The zero-order valence-corrected chi connectivity index (χ0v) is 14.5. The summed E-state index contributed by atoms with van der Waals surface area (Å²) in [6, 6.07) is 23.3. The van der Waals surface area contributed by atoms with Crippen molar-refractivity contribution in [3.63, 3.8) is 0 Å². The Hall–Kier alpha value is -3.60. The lowest BCUT2D eigenvalue weighted by Gasteiger charge is -2.13. The molecule has 1 aliphatic rings. The second kappa shape index (κ2) is 6.29. The highest BCUT2D eigenvalue weighted by atomic mass is 16.5. The second-order valence-electron chi connectivity index (χ2n) is 6.56. The van der Waals surface area contributed by atoms with Crippen molar-refractivity contribution in [1.82, 2.24) is 9.97 Å². The van der Waals surface area contributed by atoms with Crippen LogP contribution >= 0.6 is 0 Å². The number of benzene rings is 3. The van der Waals surface area contributed by atoms with E-state index in [2.05, 4.69) is 15.3 Å². The van der Waals surface area contributed by atoms with Gasteiger partial charge in [0, 0.05) is 12.0 Å². The van der Waals surface area contributed by atoms with Crippen LogP contribution < -0.4 is 10.1 Å².